The number of hydrogen-bond donors (Lipinski definition) is 2. The number of methoxy groups -OCH3 is 2. The van der Waals surface area contributed by atoms with Crippen LogP contribution >= 0.6 is 27.5 Å². The van der Waals surface area contributed by atoms with Gasteiger partial charge in [-0.05, 0) is 64.0 Å². The van der Waals surface area contributed by atoms with Crippen molar-refractivity contribution in [2.24, 2.45) is 0 Å². The lowest BCUT2D eigenvalue weighted by molar-refractivity contribution is -0.384. The smallest absolute Gasteiger partial charge is 0.272 e. The summed E-state index contributed by atoms with van der Waals surface area (Å²) in [6.07, 6.45) is 1.33. The third-order valence-corrected chi connectivity index (χ3v) is 5.56. The molecule has 0 saturated heterocycles. The van der Waals surface area contributed by atoms with Crippen molar-refractivity contribution in [2.75, 3.05) is 19.5 Å². The Kier molecular flexibility index (Phi) is 8.45. The SMILES string of the molecule is COc1ccc(C(=O)NC(=Cc2cccc([N+](=O)[O-])c2)C(=O)Nc2cc(Cl)ccc2OC)cc1Br. The van der Waals surface area contributed by atoms with Gasteiger partial charge in [0.1, 0.15) is 17.2 Å². The maximum absolute atomic E-state index is 13.2. The number of amides is 2. The molecular weight excluding hydrogens is 542 g/mol. The van der Waals surface area contributed by atoms with E-state index in [0.29, 0.717) is 26.6 Å². The molecule has 0 aromatic heterocycles. The fraction of sp³-hybridized carbons (Fsp3) is 0.0833. The maximum atomic E-state index is 13.2. The number of carbonyl (C=O) groups excluding carboxylic acids is 2. The number of non-ortho nitro benzene ring substituents is 1. The first-order valence-corrected chi connectivity index (χ1v) is 11.1. The first-order valence-electron chi connectivity index (χ1n) is 9.97. The summed E-state index contributed by atoms with van der Waals surface area (Å²) < 4.78 is 11.0. The topological polar surface area (TPSA) is 120 Å². The normalized spacial score (nSPS) is 10.9. The predicted molar refractivity (Wildman–Crippen MR) is 136 cm³/mol. The molecule has 0 atom stereocenters. The number of nitro groups is 1. The van der Waals surface area contributed by atoms with Gasteiger partial charge in [0.25, 0.3) is 17.5 Å². The van der Waals surface area contributed by atoms with Gasteiger partial charge >= 0.3 is 0 Å². The van der Waals surface area contributed by atoms with Crippen molar-refractivity contribution in [3.05, 3.63) is 97.1 Å². The van der Waals surface area contributed by atoms with Crippen LogP contribution in [-0.4, -0.2) is 31.0 Å². The number of ether oxygens (including phenoxy) is 2. The summed E-state index contributed by atoms with van der Waals surface area (Å²) >= 11 is 9.37. The van der Waals surface area contributed by atoms with Crippen molar-refractivity contribution in [1.82, 2.24) is 5.32 Å². The van der Waals surface area contributed by atoms with E-state index < -0.39 is 16.7 Å². The third kappa shape index (κ3) is 6.58. The number of rotatable bonds is 8. The largest absolute Gasteiger partial charge is 0.496 e. The van der Waals surface area contributed by atoms with E-state index in [1.807, 2.05) is 0 Å². The third-order valence-electron chi connectivity index (χ3n) is 4.71. The first kappa shape index (κ1) is 25.7. The number of benzene rings is 3. The van der Waals surface area contributed by atoms with E-state index in [0.717, 1.165) is 0 Å². The van der Waals surface area contributed by atoms with Crippen molar-refractivity contribution < 1.29 is 24.0 Å². The van der Waals surface area contributed by atoms with Gasteiger partial charge in [0.2, 0.25) is 0 Å². The number of nitrogens with one attached hydrogen (secondary N) is 2. The Balaban J connectivity index is 1.98. The molecule has 2 amide bonds. The average molecular weight is 561 g/mol. The first-order chi connectivity index (χ1) is 16.7. The molecule has 0 spiro atoms. The highest BCUT2D eigenvalue weighted by atomic mass is 79.9. The van der Waals surface area contributed by atoms with E-state index in [2.05, 4.69) is 26.6 Å². The van der Waals surface area contributed by atoms with Crippen molar-refractivity contribution in [3.63, 3.8) is 0 Å². The van der Waals surface area contributed by atoms with Gasteiger partial charge < -0.3 is 20.1 Å². The van der Waals surface area contributed by atoms with Gasteiger partial charge in [-0.1, -0.05) is 23.7 Å². The molecule has 35 heavy (non-hydrogen) atoms. The predicted octanol–water partition coefficient (Wildman–Crippen LogP) is 5.44. The van der Waals surface area contributed by atoms with Gasteiger partial charge in [-0.15, -0.1) is 0 Å². The van der Waals surface area contributed by atoms with Crippen molar-refractivity contribution in [1.29, 1.82) is 0 Å². The fourth-order valence-electron chi connectivity index (χ4n) is 3.02. The minimum atomic E-state index is -0.696. The summed E-state index contributed by atoms with van der Waals surface area (Å²) in [6.45, 7) is 0. The molecule has 0 radical (unpaired) electrons. The summed E-state index contributed by atoms with van der Waals surface area (Å²) in [5.74, 6) is -0.404. The summed E-state index contributed by atoms with van der Waals surface area (Å²) in [5, 5.41) is 16.7. The molecule has 3 aromatic carbocycles. The second-order valence-corrected chi connectivity index (χ2v) is 8.30. The Bertz CT molecular complexity index is 1330. The Labute approximate surface area is 214 Å². The molecule has 180 valence electrons. The number of halogens is 2. The zero-order valence-electron chi connectivity index (χ0n) is 18.5. The van der Waals surface area contributed by atoms with E-state index in [1.165, 1.54) is 56.7 Å². The quantitative estimate of drug-likeness (QED) is 0.215. The average Bonchev–Trinajstić information content (AvgIpc) is 2.83. The molecule has 0 unspecified atom stereocenters. The van der Waals surface area contributed by atoms with E-state index >= 15 is 0 Å². The molecular formula is C24H19BrClN3O6. The van der Waals surface area contributed by atoms with Gasteiger partial charge in [0.05, 0.1) is 29.3 Å². The lowest BCUT2D eigenvalue weighted by atomic mass is 10.1. The van der Waals surface area contributed by atoms with E-state index in [9.17, 15) is 19.7 Å². The second kappa shape index (κ2) is 11.5. The summed E-state index contributed by atoms with van der Waals surface area (Å²) in [6, 6.07) is 15.0. The number of carbonyl (C=O) groups is 2. The number of anilines is 1. The van der Waals surface area contributed by atoms with Gasteiger partial charge in [-0.25, -0.2) is 0 Å². The van der Waals surface area contributed by atoms with Crippen LogP contribution in [0, 0.1) is 10.1 Å². The van der Waals surface area contributed by atoms with Crippen LogP contribution in [0.3, 0.4) is 0 Å². The van der Waals surface area contributed by atoms with Crippen molar-refractivity contribution in [2.45, 2.75) is 0 Å². The van der Waals surface area contributed by atoms with Crippen LogP contribution in [0.25, 0.3) is 6.08 Å². The van der Waals surface area contributed by atoms with Crippen LogP contribution in [0.1, 0.15) is 15.9 Å². The Morgan fingerprint density at radius 2 is 1.74 bits per heavy atom. The summed E-state index contributed by atoms with van der Waals surface area (Å²) in [5.41, 5.74) is 0.524. The maximum Gasteiger partial charge on any atom is 0.272 e. The zero-order valence-corrected chi connectivity index (χ0v) is 20.8. The molecule has 0 bridgehead atoms. The molecule has 0 fully saturated rings. The highest BCUT2D eigenvalue weighted by Gasteiger charge is 2.18. The van der Waals surface area contributed by atoms with Crippen LogP contribution in [0.5, 0.6) is 11.5 Å². The van der Waals surface area contributed by atoms with Crippen molar-refractivity contribution in [3.8, 4) is 11.5 Å². The highest BCUT2D eigenvalue weighted by Crippen LogP contribution is 2.29. The number of nitrogens with zero attached hydrogens (tertiary/aromatic N) is 1. The molecule has 9 nitrogen and oxygen atoms in total. The summed E-state index contributed by atoms with van der Waals surface area (Å²) in [7, 11) is 2.93. The standard InChI is InChI=1S/C24H19BrClN3O6/c1-34-21-8-6-15(12-18(21)25)23(30)28-20(11-14-4-3-5-17(10-14)29(32)33)24(31)27-19-13-16(26)7-9-22(19)35-2/h3-13H,1-2H3,(H,27,31)(H,28,30). The molecule has 0 saturated carbocycles. The number of hydrogen-bond acceptors (Lipinski definition) is 6. The molecule has 0 aliphatic heterocycles. The van der Waals surface area contributed by atoms with Gasteiger partial charge in [-0.3, -0.25) is 19.7 Å². The molecule has 3 rings (SSSR count). The van der Waals surface area contributed by atoms with Crippen LogP contribution in [0.4, 0.5) is 11.4 Å². The van der Waals surface area contributed by atoms with E-state index in [1.54, 1.807) is 24.3 Å². The van der Waals surface area contributed by atoms with Crippen LogP contribution in [-0.2, 0) is 4.79 Å². The van der Waals surface area contributed by atoms with Gasteiger partial charge in [0.15, 0.2) is 0 Å². The fourth-order valence-corrected chi connectivity index (χ4v) is 3.74. The van der Waals surface area contributed by atoms with E-state index in [-0.39, 0.29) is 22.6 Å². The highest BCUT2D eigenvalue weighted by molar-refractivity contribution is 9.10. The summed E-state index contributed by atoms with van der Waals surface area (Å²) in [4.78, 5) is 36.8. The molecule has 2 N–H and O–H groups in total. The Hall–Kier alpha value is -3.89. The molecule has 0 aliphatic rings. The molecule has 3 aromatic rings. The molecule has 0 heterocycles. The van der Waals surface area contributed by atoms with Gasteiger partial charge in [0, 0.05) is 22.7 Å². The Morgan fingerprint density at radius 1 is 1.03 bits per heavy atom. The minimum absolute atomic E-state index is 0.163. The second-order valence-electron chi connectivity index (χ2n) is 7.01. The Morgan fingerprint density at radius 3 is 2.40 bits per heavy atom. The molecule has 0 aliphatic carbocycles. The van der Waals surface area contributed by atoms with Crippen LogP contribution in [0.2, 0.25) is 5.02 Å². The zero-order chi connectivity index (χ0) is 25.5. The molecule has 11 heteroatoms. The van der Waals surface area contributed by atoms with Crippen LogP contribution in [0.15, 0.2) is 70.8 Å². The van der Waals surface area contributed by atoms with Crippen molar-refractivity contribution >= 4 is 56.8 Å². The van der Waals surface area contributed by atoms with Crippen LogP contribution < -0.4 is 20.1 Å². The lowest BCUT2D eigenvalue weighted by Crippen LogP contribution is -2.30. The van der Waals surface area contributed by atoms with Gasteiger partial charge in [-0.2, -0.15) is 0 Å². The monoisotopic (exact) mass is 559 g/mol. The minimum Gasteiger partial charge on any atom is -0.496 e. The van der Waals surface area contributed by atoms with E-state index in [4.69, 9.17) is 21.1 Å². The lowest BCUT2D eigenvalue weighted by Gasteiger charge is -2.14. The number of nitro benzene ring substituents is 1.